The quantitative estimate of drug-likeness (QED) is 0.431. The van der Waals surface area contributed by atoms with Crippen LogP contribution in [0.2, 0.25) is 0 Å². The third kappa shape index (κ3) is 11.6. The second kappa shape index (κ2) is 33.9. The minimum Gasteiger partial charge on any atom is -0.412 e. The molecule has 1 radical (unpaired) electrons. The molecule has 0 aromatic rings. The van der Waals surface area contributed by atoms with Gasteiger partial charge in [-0.05, 0) is 0 Å². The number of rotatable bonds is 0. The van der Waals surface area contributed by atoms with E-state index in [2.05, 4.69) is 0 Å². The minimum atomic E-state index is 0. The third-order valence-electron chi connectivity index (χ3n) is 0. The summed E-state index contributed by atoms with van der Waals surface area (Å²) >= 11 is 0. The SMILES string of the molecule is Cl.Cl.O.[Mn]. The Balaban J connectivity index is 0. The Morgan fingerprint density at radius 2 is 0.750 bits per heavy atom. The van der Waals surface area contributed by atoms with Crippen LogP contribution < -0.4 is 0 Å². The average molecular weight is 146 g/mol. The first-order chi connectivity index (χ1) is 0. The summed E-state index contributed by atoms with van der Waals surface area (Å²) in [6, 6.07) is 0. The van der Waals surface area contributed by atoms with Crippen molar-refractivity contribution in [3.63, 3.8) is 0 Å². The second-order valence-corrected chi connectivity index (χ2v) is 0. The van der Waals surface area contributed by atoms with Crippen molar-refractivity contribution in [1.82, 2.24) is 0 Å². The fourth-order valence-corrected chi connectivity index (χ4v) is 0. The van der Waals surface area contributed by atoms with Gasteiger partial charge in [-0.1, -0.05) is 0 Å². The van der Waals surface area contributed by atoms with Gasteiger partial charge in [0.15, 0.2) is 0 Å². The molecule has 1 nitrogen and oxygen atoms in total. The number of hydrogen-bond acceptors (Lipinski definition) is 0. The largest absolute Gasteiger partial charge is 0.412 e. The van der Waals surface area contributed by atoms with Crippen LogP contribution in [0.1, 0.15) is 0 Å². The van der Waals surface area contributed by atoms with E-state index in [1.807, 2.05) is 0 Å². The van der Waals surface area contributed by atoms with Crippen LogP contribution in [0.25, 0.3) is 0 Å². The predicted octanol–water partition coefficient (Wildman–Crippen LogP) is 0.0164. The number of hydrogen-bond donors (Lipinski definition) is 0. The molecule has 0 aromatic heterocycles. The average Bonchev–Trinajstić information content (AvgIpc) is 0. The van der Waals surface area contributed by atoms with E-state index in [0.29, 0.717) is 0 Å². The summed E-state index contributed by atoms with van der Waals surface area (Å²) in [5, 5.41) is 0. The fraction of sp³-hybridized carbons (Fsp3) is 0. The van der Waals surface area contributed by atoms with Gasteiger partial charge in [0.05, 0.1) is 0 Å². The summed E-state index contributed by atoms with van der Waals surface area (Å²) in [5.74, 6) is 0. The first kappa shape index (κ1) is 74.3. The van der Waals surface area contributed by atoms with E-state index in [0.717, 1.165) is 0 Å². The molecule has 0 heterocycles. The van der Waals surface area contributed by atoms with Gasteiger partial charge >= 0.3 is 0 Å². The maximum Gasteiger partial charge on any atom is 0 e. The summed E-state index contributed by atoms with van der Waals surface area (Å²) in [5.41, 5.74) is 0. The van der Waals surface area contributed by atoms with Crippen molar-refractivity contribution in [3.8, 4) is 0 Å². The molecule has 4 heteroatoms. The van der Waals surface area contributed by atoms with Gasteiger partial charge in [0.1, 0.15) is 0 Å². The molecule has 0 aliphatic rings. The van der Waals surface area contributed by atoms with E-state index in [1.54, 1.807) is 0 Å². The van der Waals surface area contributed by atoms with Crippen LogP contribution in [0.5, 0.6) is 0 Å². The Labute approximate surface area is 47.8 Å². The van der Waals surface area contributed by atoms with Crippen LogP contribution in [0.4, 0.5) is 0 Å². The van der Waals surface area contributed by atoms with E-state index in [4.69, 9.17) is 0 Å². The van der Waals surface area contributed by atoms with Crippen LogP contribution >= 0.6 is 24.8 Å². The molecule has 0 aliphatic heterocycles. The first-order valence-electron chi connectivity index (χ1n) is 0. The zero-order valence-electron chi connectivity index (χ0n) is 1.69. The molecule has 0 rings (SSSR count). The molecular weight excluding hydrogens is 142 g/mol. The van der Waals surface area contributed by atoms with E-state index in [9.17, 15) is 0 Å². The summed E-state index contributed by atoms with van der Waals surface area (Å²) in [6.45, 7) is 0. The van der Waals surface area contributed by atoms with Crippen molar-refractivity contribution in [1.29, 1.82) is 0 Å². The molecule has 0 aromatic carbocycles. The number of halogens is 2. The maximum absolute atomic E-state index is 0. The standard InChI is InChI=1S/2ClH.Mn.H2O/h2*1H;;1H2. The van der Waals surface area contributed by atoms with Gasteiger partial charge in [-0.3, -0.25) is 0 Å². The van der Waals surface area contributed by atoms with Gasteiger partial charge < -0.3 is 5.48 Å². The van der Waals surface area contributed by atoms with Crippen LogP contribution in [-0.4, -0.2) is 5.48 Å². The topological polar surface area (TPSA) is 31.5 Å². The molecule has 0 amide bonds. The molecule has 0 unspecified atom stereocenters. The van der Waals surface area contributed by atoms with E-state index in [1.165, 1.54) is 0 Å². The Bertz CT molecular complexity index is 6.00. The Morgan fingerprint density at radius 1 is 0.750 bits per heavy atom. The third-order valence-corrected chi connectivity index (χ3v) is 0. The van der Waals surface area contributed by atoms with E-state index >= 15 is 0 Å². The zero-order chi connectivity index (χ0) is 0. The van der Waals surface area contributed by atoms with Gasteiger partial charge in [0, 0.05) is 17.1 Å². The van der Waals surface area contributed by atoms with Crippen molar-refractivity contribution >= 4 is 24.8 Å². The van der Waals surface area contributed by atoms with Gasteiger partial charge in [0.2, 0.25) is 0 Å². The summed E-state index contributed by atoms with van der Waals surface area (Å²) < 4.78 is 0. The normalized spacial score (nSPS) is 0. The molecule has 0 bridgehead atoms. The molecule has 2 N–H and O–H groups in total. The van der Waals surface area contributed by atoms with Gasteiger partial charge in [0.25, 0.3) is 0 Å². The molecule has 0 atom stereocenters. The van der Waals surface area contributed by atoms with Crippen LogP contribution in [-0.2, 0) is 17.1 Å². The molecule has 0 saturated carbocycles. The Morgan fingerprint density at radius 3 is 0.750 bits per heavy atom. The van der Waals surface area contributed by atoms with Crippen molar-refractivity contribution in [3.05, 3.63) is 0 Å². The van der Waals surface area contributed by atoms with E-state index in [-0.39, 0.29) is 47.4 Å². The molecule has 0 fully saturated rings. The molecule has 0 saturated heterocycles. The summed E-state index contributed by atoms with van der Waals surface area (Å²) in [7, 11) is 0. The maximum atomic E-state index is 0. The molecular formula is H4Cl2MnO. The minimum absolute atomic E-state index is 0. The summed E-state index contributed by atoms with van der Waals surface area (Å²) in [4.78, 5) is 0. The molecule has 0 spiro atoms. The Kier molecular flexibility index (Phi) is 629. The van der Waals surface area contributed by atoms with Gasteiger partial charge in [-0.2, -0.15) is 0 Å². The first-order valence-corrected chi connectivity index (χ1v) is 0. The Hall–Kier alpha value is 1.06. The van der Waals surface area contributed by atoms with Crippen molar-refractivity contribution in [2.75, 3.05) is 0 Å². The fourth-order valence-electron chi connectivity index (χ4n) is 0. The van der Waals surface area contributed by atoms with Crippen LogP contribution in [0.3, 0.4) is 0 Å². The molecule has 0 aliphatic carbocycles. The van der Waals surface area contributed by atoms with Crippen molar-refractivity contribution < 1.29 is 22.5 Å². The van der Waals surface area contributed by atoms with Crippen molar-refractivity contribution in [2.45, 2.75) is 0 Å². The summed E-state index contributed by atoms with van der Waals surface area (Å²) in [6.07, 6.45) is 0. The molecule has 4 heavy (non-hydrogen) atoms. The van der Waals surface area contributed by atoms with Gasteiger partial charge in [-0.15, -0.1) is 24.8 Å². The monoisotopic (exact) mass is 145 g/mol. The van der Waals surface area contributed by atoms with Gasteiger partial charge in [-0.25, -0.2) is 0 Å². The smallest absolute Gasteiger partial charge is 0 e. The molecule has 31 valence electrons. The van der Waals surface area contributed by atoms with Crippen LogP contribution in [0.15, 0.2) is 0 Å². The second-order valence-electron chi connectivity index (χ2n) is 0. The predicted molar refractivity (Wildman–Crippen MR) is 18.1 cm³/mol. The van der Waals surface area contributed by atoms with E-state index < -0.39 is 0 Å². The zero-order valence-corrected chi connectivity index (χ0v) is 4.51. The van der Waals surface area contributed by atoms with Crippen LogP contribution in [0, 0.1) is 0 Å². The van der Waals surface area contributed by atoms with Crippen molar-refractivity contribution in [2.24, 2.45) is 0 Å².